The first-order valence-corrected chi connectivity index (χ1v) is 10.3. The fraction of sp³-hybridized carbons (Fsp3) is 0.500. The minimum absolute atomic E-state index is 0.155. The van der Waals surface area contributed by atoms with Gasteiger partial charge in [0.25, 0.3) is 5.91 Å². The lowest BCUT2D eigenvalue weighted by molar-refractivity contribution is -0.135. The Balaban J connectivity index is 2.19. The van der Waals surface area contributed by atoms with Crippen LogP contribution in [0, 0.1) is 5.92 Å². The van der Waals surface area contributed by atoms with Crippen LogP contribution in [0.4, 0.5) is 4.79 Å². The number of aromatic amines is 1. The number of hydroxylamine groups is 1. The second-order valence-corrected chi connectivity index (χ2v) is 8.61. The first-order valence-electron chi connectivity index (χ1n) is 10.3. The van der Waals surface area contributed by atoms with E-state index in [2.05, 4.69) is 15.6 Å². The van der Waals surface area contributed by atoms with Crippen LogP contribution in [0.15, 0.2) is 30.5 Å². The zero-order chi connectivity index (χ0) is 23.2. The van der Waals surface area contributed by atoms with Crippen LogP contribution in [-0.4, -0.2) is 45.8 Å². The van der Waals surface area contributed by atoms with E-state index in [0.29, 0.717) is 6.42 Å². The Labute approximate surface area is 181 Å². The van der Waals surface area contributed by atoms with Crippen molar-refractivity contribution >= 4 is 28.8 Å². The lowest BCUT2D eigenvalue weighted by Gasteiger charge is -2.27. The SMILES string of the molecule is CC[C@H](C)[C@H](NC(=O)OC(C)(C)C)C(=O)N[C@@H](Cc1c[nH]c2ccccc12)C(=O)NO. The largest absolute Gasteiger partial charge is 0.444 e. The Hall–Kier alpha value is -3.07. The molecule has 0 bridgehead atoms. The molecule has 9 nitrogen and oxygen atoms in total. The normalized spacial score (nSPS) is 14.4. The Bertz CT molecular complexity index is 918. The predicted molar refractivity (Wildman–Crippen MR) is 116 cm³/mol. The Morgan fingerprint density at radius 2 is 1.81 bits per heavy atom. The summed E-state index contributed by atoms with van der Waals surface area (Å²) in [4.78, 5) is 40.7. The van der Waals surface area contributed by atoms with Crippen molar-refractivity contribution in [1.29, 1.82) is 0 Å². The number of hydrogen-bond acceptors (Lipinski definition) is 5. The quantitative estimate of drug-likeness (QED) is 0.323. The molecular weight excluding hydrogens is 400 g/mol. The third-order valence-electron chi connectivity index (χ3n) is 5.01. The average molecular weight is 433 g/mol. The predicted octanol–water partition coefficient (Wildman–Crippen LogP) is 2.64. The standard InChI is InChI=1S/C22H32N4O5/c1-6-13(2)18(25-21(29)31-22(3,4)5)20(28)24-17(19(27)26-30)11-14-12-23-16-10-8-7-9-15(14)16/h7-10,12-13,17-18,23,30H,6,11H2,1-5H3,(H,24,28)(H,25,29)(H,26,27)/t13-,17-,18-/m0/s1. The Morgan fingerprint density at radius 1 is 1.13 bits per heavy atom. The number of nitrogens with one attached hydrogen (secondary N) is 4. The molecule has 0 spiro atoms. The minimum atomic E-state index is -1.04. The summed E-state index contributed by atoms with van der Waals surface area (Å²) in [5.74, 6) is -1.49. The molecule has 0 fully saturated rings. The molecule has 5 N–H and O–H groups in total. The number of rotatable bonds is 8. The summed E-state index contributed by atoms with van der Waals surface area (Å²) in [6.45, 7) is 8.91. The van der Waals surface area contributed by atoms with Crippen molar-refractivity contribution in [2.24, 2.45) is 5.92 Å². The van der Waals surface area contributed by atoms with Gasteiger partial charge in [-0.05, 0) is 38.3 Å². The van der Waals surface area contributed by atoms with E-state index in [-0.39, 0.29) is 12.3 Å². The number of ether oxygens (including phenoxy) is 1. The van der Waals surface area contributed by atoms with E-state index in [9.17, 15) is 19.6 Å². The second kappa shape index (κ2) is 10.3. The number of para-hydroxylation sites is 1. The van der Waals surface area contributed by atoms with Crippen LogP contribution in [0.3, 0.4) is 0 Å². The molecule has 0 saturated heterocycles. The van der Waals surface area contributed by atoms with E-state index in [4.69, 9.17) is 4.74 Å². The van der Waals surface area contributed by atoms with E-state index in [1.165, 1.54) is 0 Å². The molecule has 0 aliphatic carbocycles. The van der Waals surface area contributed by atoms with Crippen molar-refractivity contribution in [2.75, 3.05) is 0 Å². The van der Waals surface area contributed by atoms with Crippen molar-refractivity contribution in [2.45, 2.75) is 65.1 Å². The van der Waals surface area contributed by atoms with Crippen LogP contribution >= 0.6 is 0 Å². The molecule has 3 atom stereocenters. The van der Waals surface area contributed by atoms with Gasteiger partial charge in [0.1, 0.15) is 17.7 Å². The van der Waals surface area contributed by atoms with E-state index < -0.39 is 35.6 Å². The van der Waals surface area contributed by atoms with Gasteiger partial charge in [0.05, 0.1) is 0 Å². The zero-order valence-corrected chi connectivity index (χ0v) is 18.6. The summed E-state index contributed by atoms with van der Waals surface area (Å²) in [5, 5.41) is 15.4. The summed E-state index contributed by atoms with van der Waals surface area (Å²) >= 11 is 0. The van der Waals surface area contributed by atoms with Gasteiger partial charge in [-0.25, -0.2) is 10.3 Å². The van der Waals surface area contributed by atoms with Crippen LogP contribution in [0.25, 0.3) is 10.9 Å². The molecule has 0 unspecified atom stereocenters. The maximum atomic E-state index is 13.0. The summed E-state index contributed by atoms with van der Waals surface area (Å²) in [7, 11) is 0. The fourth-order valence-electron chi connectivity index (χ4n) is 3.21. The van der Waals surface area contributed by atoms with Crippen LogP contribution in [0.1, 0.15) is 46.6 Å². The molecule has 1 heterocycles. The van der Waals surface area contributed by atoms with Gasteiger partial charge in [-0.2, -0.15) is 0 Å². The van der Waals surface area contributed by atoms with E-state index >= 15 is 0 Å². The van der Waals surface area contributed by atoms with Gasteiger partial charge < -0.3 is 20.4 Å². The monoisotopic (exact) mass is 432 g/mol. The van der Waals surface area contributed by atoms with Crippen molar-refractivity contribution in [1.82, 2.24) is 21.1 Å². The van der Waals surface area contributed by atoms with Gasteiger partial charge in [0, 0.05) is 23.5 Å². The van der Waals surface area contributed by atoms with Gasteiger partial charge >= 0.3 is 6.09 Å². The number of hydrogen-bond donors (Lipinski definition) is 5. The van der Waals surface area contributed by atoms with Crippen LogP contribution < -0.4 is 16.1 Å². The Kier molecular flexibility index (Phi) is 8.04. The van der Waals surface area contributed by atoms with Gasteiger partial charge in [-0.1, -0.05) is 38.5 Å². The zero-order valence-electron chi connectivity index (χ0n) is 18.6. The number of benzene rings is 1. The number of carbonyl (C=O) groups excluding carboxylic acids is 3. The number of alkyl carbamates (subject to hydrolysis) is 1. The highest BCUT2D eigenvalue weighted by Crippen LogP contribution is 2.19. The number of aromatic nitrogens is 1. The van der Waals surface area contributed by atoms with E-state index in [1.807, 2.05) is 38.1 Å². The molecule has 0 saturated carbocycles. The maximum Gasteiger partial charge on any atom is 0.408 e. The molecule has 0 aliphatic rings. The first-order chi connectivity index (χ1) is 14.6. The first kappa shape index (κ1) is 24.2. The molecular formula is C22H32N4O5. The highest BCUT2D eigenvalue weighted by Gasteiger charge is 2.31. The molecule has 0 aliphatic heterocycles. The van der Waals surface area contributed by atoms with Crippen molar-refractivity contribution < 1.29 is 24.3 Å². The van der Waals surface area contributed by atoms with Crippen molar-refractivity contribution in [3.8, 4) is 0 Å². The van der Waals surface area contributed by atoms with Gasteiger partial charge in [-0.15, -0.1) is 0 Å². The highest BCUT2D eigenvalue weighted by molar-refractivity contribution is 5.92. The average Bonchev–Trinajstić information content (AvgIpc) is 3.11. The van der Waals surface area contributed by atoms with Gasteiger partial charge in [0.2, 0.25) is 5.91 Å². The smallest absolute Gasteiger partial charge is 0.408 e. The minimum Gasteiger partial charge on any atom is -0.444 e. The van der Waals surface area contributed by atoms with Crippen molar-refractivity contribution in [3.63, 3.8) is 0 Å². The lowest BCUT2D eigenvalue weighted by Crippen LogP contribution is -2.56. The Morgan fingerprint density at radius 3 is 2.42 bits per heavy atom. The molecule has 9 heteroatoms. The van der Waals surface area contributed by atoms with Gasteiger partial charge in [-0.3, -0.25) is 14.8 Å². The van der Waals surface area contributed by atoms with Crippen LogP contribution in [-0.2, 0) is 20.7 Å². The highest BCUT2D eigenvalue weighted by atomic mass is 16.6. The van der Waals surface area contributed by atoms with Crippen molar-refractivity contribution in [3.05, 3.63) is 36.0 Å². The maximum absolute atomic E-state index is 13.0. The molecule has 2 aromatic rings. The summed E-state index contributed by atoms with van der Waals surface area (Å²) in [6, 6.07) is 5.64. The molecule has 170 valence electrons. The van der Waals surface area contributed by atoms with Crippen LogP contribution in [0.5, 0.6) is 0 Å². The van der Waals surface area contributed by atoms with Gasteiger partial charge in [0.15, 0.2) is 0 Å². The molecule has 1 aromatic carbocycles. The topological polar surface area (TPSA) is 133 Å². The molecule has 2 rings (SSSR count). The molecule has 3 amide bonds. The number of carbonyl (C=O) groups is 3. The second-order valence-electron chi connectivity index (χ2n) is 8.61. The summed E-state index contributed by atoms with van der Waals surface area (Å²) in [5.41, 5.74) is 2.60. The number of H-pyrrole nitrogens is 1. The van der Waals surface area contributed by atoms with E-state index in [0.717, 1.165) is 16.5 Å². The number of fused-ring (bicyclic) bond motifs is 1. The molecule has 31 heavy (non-hydrogen) atoms. The van der Waals surface area contributed by atoms with E-state index in [1.54, 1.807) is 32.4 Å². The number of amides is 3. The summed E-state index contributed by atoms with van der Waals surface area (Å²) < 4.78 is 5.27. The fourth-order valence-corrected chi connectivity index (χ4v) is 3.21. The van der Waals surface area contributed by atoms with Crippen LogP contribution in [0.2, 0.25) is 0 Å². The molecule has 1 aromatic heterocycles. The molecule has 0 radical (unpaired) electrons. The third-order valence-corrected chi connectivity index (χ3v) is 5.01. The lowest BCUT2D eigenvalue weighted by atomic mass is 9.97. The third kappa shape index (κ3) is 6.71. The summed E-state index contributed by atoms with van der Waals surface area (Å²) in [6.07, 6.45) is 1.82.